The van der Waals surface area contributed by atoms with Crippen molar-refractivity contribution in [3.05, 3.63) is 42.1 Å². The molecule has 1 heterocycles. The number of hydrogen-bond acceptors (Lipinski definition) is 4. The Morgan fingerprint density at radius 1 is 1.29 bits per heavy atom. The molecule has 1 fully saturated rings. The lowest BCUT2D eigenvalue weighted by Crippen LogP contribution is -2.49. The molecule has 1 aromatic carbocycles. The number of carbonyl (C=O) groups excluding carboxylic acids is 1. The Morgan fingerprint density at radius 3 is 2.93 bits per heavy atom. The van der Waals surface area contributed by atoms with Gasteiger partial charge in [-0.2, -0.15) is 0 Å². The number of aromatic nitrogens is 1. The molecule has 150 valence electrons. The molecule has 6 nitrogen and oxygen atoms in total. The highest BCUT2D eigenvalue weighted by Crippen LogP contribution is 2.26. The number of fused-ring (bicyclic) bond motifs is 1. The van der Waals surface area contributed by atoms with Gasteiger partial charge in [0.1, 0.15) is 0 Å². The SMILES string of the molecule is CCCC[C@H](NCc1ccc2cccnc2c1)C(=O)N[C@H]1CCC[C@H]1C(=O)O. The minimum absolute atomic E-state index is 0.0921. The maximum absolute atomic E-state index is 12.8. The smallest absolute Gasteiger partial charge is 0.308 e. The minimum atomic E-state index is -0.815. The molecule has 0 spiro atoms. The number of unbranched alkanes of at least 4 members (excludes halogenated alkanes) is 1. The summed E-state index contributed by atoms with van der Waals surface area (Å²) in [4.78, 5) is 28.6. The standard InChI is InChI=1S/C22H29N3O3/c1-2-3-8-19(21(26)25-18-9-4-7-17(18)22(27)28)24-14-15-10-11-16-6-5-12-23-20(16)13-15/h5-6,10-13,17-19,24H,2-4,7-9,14H2,1H3,(H,25,26)(H,27,28)/t17-,18+,19+/m1/s1. The van der Waals surface area contributed by atoms with Gasteiger partial charge >= 0.3 is 5.97 Å². The fourth-order valence-corrected chi connectivity index (χ4v) is 3.91. The maximum atomic E-state index is 12.8. The number of hydrogen-bond donors (Lipinski definition) is 3. The van der Waals surface area contributed by atoms with Crippen molar-refractivity contribution < 1.29 is 14.7 Å². The molecule has 28 heavy (non-hydrogen) atoms. The van der Waals surface area contributed by atoms with Crippen LogP contribution in [-0.2, 0) is 16.1 Å². The molecule has 0 aliphatic heterocycles. The molecule has 1 aliphatic carbocycles. The van der Waals surface area contributed by atoms with Gasteiger partial charge in [0.25, 0.3) is 0 Å². The van der Waals surface area contributed by atoms with Crippen LogP contribution >= 0.6 is 0 Å². The van der Waals surface area contributed by atoms with E-state index in [0.717, 1.165) is 48.6 Å². The number of nitrogens with one attached hydrogen (secondary N) is 2. The maximum Gasteiger partial charge on any atom is 0.308 e. The number of amides is 1. The summed E-state index contributed by atoms with van der Waals surface area (Å²) in [5, 5.41) is 16.8. The number of aliphatic carboxylic acids is 1. The number of nitrogens with zero attached hydrogens (tertiary/aromatic N) is 1. The van der Waals surface area contributed by atoms with Crippen LogP contribution in [0.1, 0.15) is 51.0 Å². The molecule has 0 unspecified atom stereocenters. The van der Waals surface area contributed by atoms with Crippen LogP contribution in [0, 0.1) is 5.92 Å². The van der Waals surface area contributed by atoms with Crippen molar-refractivity contribution in [1.82, 2.24) is 15.6 Å². The topological polar surface area (TPSA) is 91.3 Å². The van der Waals surface area contributed by atoms with Gasteiger partial charge in [-0.15, -0.1) is 0 Å². The normalized spacial score (nSPS) is 20.2. The van der Waals surface area contributed by atoms with Crippen molar-refractivity contribution in [2.75, 3.05) is 0 Å². The molecule has 0 saturated heterocycles. The van der Waals surface area contributed by atoms with E-state index < -0.39 is 11.9 Å². The highest BCUT2D eigenvalue weighted by atomic mass is 16.4. The summed E-state index contributed by atoms with van der Waals surface area (Å²) < 4.78 is 0. The molecule has 3 N–H and O–H groups in total. The van der Waals surface area contributed by atoms with E-state index in [2.05, 4.69) is 22.5 Å². The predicted octanol–water partition coefficient (Wildman–Crippen LogP) is 3.25. The van der Waals surface area contributed by atoms with Crippen LogP contribution in [0.4, 0.5) is 0 Å². The molecule has 0 bridgehead atoms. The first-order valence-electron chi connectivity index (χ1n) is 10.2. The van der Waals surface area contributed by atoms with Crippen LogP contribution in [0.25, 0.3) is 10.9 Å². The van der Waals surface area contributed by atoms with Crippen LogP contribution in [0.5, 0.6) is 0 Å². The summed E-state index contributed by atoms with van der Waals surface area (Å²) in [5.74, 6) is -1.38. The lowest BCUT2D eigenvalue weighted by molar-refractivity contribution is -0.142. The number of carboxylic acid groups (broad SMARTS) is 1. The van der Waals surface area contributed by atoms with Crippen LogP contribution in [0.15, 0.2) is 36.5 Å². The highest BCUT2D eigenvalue weighted by Gasteiger charge is 2.35. The van der Waals surface area contributed by atoms with Gasteiger partial charge < -0.3 is 15.7 Å². The van der Waals surface area contributed by atoms with Gasteiger partial charge in [0.2, 0.25) is 5.91 Å². The van der Waals surface area contributed by atoms with Crippen LogP contribution < -0.4 is 10.6 Å². The zero-order valence-electron chi connectivity index (χ0n) is 16.4. The fourth-order valence-electron chi connectivity index (χ4n) is 3.91. The summed E-state index contributed by atoms with van der Waals surface area (Å²) in [6.07, 6.45) is 6.68. The van der Waals surface area contributed by atoms with Gasteiger partial charge in [0.05, 0.1) is 17.5 Å². The summed E-state index contributed by atoms with van der Waals surface area (Å²) >= 11 is 0. The first-order chi connectivity index (χ1) is 13.6. The van der Waals surface area contributed by atoms with Gasteiger partial charge in [-0.25, -0.2) is 0 Å². The fraction of sp³-hybridized carbons (Fsp3) is 0.500. The Labute approximate surface area is 165 Å². The van der Waals surface area contributed by atoms with Crippen LogP contribution in [0.3, 0.4) is 0 Å². The van der Waals surface area contributed by atoms with E-state index in [4.69, 9.17) is 0 Å². The lowest BCUT2D eigenvalue weighted by Gasteiger charge is -2.23. The molecule has 1 aromatic heterocycles. The number of carbonyl (C=O) groups is 2. The molecular formula is C22H29N3O3. The van der Waals surface area contributed by atoms with E-state index in [9.17, 15) is 14.7 Å². The zero-order valence-corrected chi connectivity index (χ0v) is 16.4. The molecule has 6 heteroatoms. The van der Waals surface area contributed by atoms with E-state index >= 15 is 0 Å². The minimum Gasteiger partial charge on any atom is -0.481 e. The van der Waals surface area contributed by atoms with Crippen LogP contribution in [0.2, 0.25) is 0 Å². The number of rotatable bonds is 9. The molecular weight excluding hydrogens is 354 g/mol. The Kier molecular flexibility index (Phi) is 6.98. The van der Waals surface area contributed by atoms with Crippen molar-refractivity contribution in [3.8, 4) is 0 Å². The van der Waals surface area contributed by atoms with Crippen molar-refractivity contribution in [2.24, 2.45) is 5.92 Å². The van der Waals surface area contributed by atoms with Crippen LogP contribution in [-0.4, -0.2) is 34.1 Å². The molecule has 1 saturated carbocycles. The van der Waals surface area contributed by atoms with E-state index in [1.165, 1.54) is 0 Å². The number of carboxylic acids is 1. The van der Waals surface area contributed by atoms with Crippen molar-refractivity contribution in [3.63, 3.8) is 0 Å². The molecule has 1 aliphatic rings. The molecule has 3 atom stereocenters. The van der Waals surface area contributed by atoms with Gasteiger partial charge in [-0.1, -0.05) is 44.4 Å². The molecule has 2 aromatic rings. The molecule has 3 rings (SSSR count). The second kappa shape index (κ2) is 9.64. The van der Waals surface area contributed by atoms with Crippen molar-refractivity contribution >= 4 is 22.8 Å². The summed E-state index contributed by atoms with van der Waals surface area (Å²) in [7, 11) is 0. The largest absolute Gasteiger partial charge is 0.481 e. The first-order valence-corrected chi connectivity index (χ1v) is 10.2. The Bertz CT molecular complexity index is 824. The lowest BCUT2D eigenvalue weighted by atomic mass is 10.0. The van der Waals surface area contributed by atoms with Gasteiger partial charge in [-0.05, 0) is 37.0 Å². The second-order valence-corrected chi connectivity index (χ2v) is 7.60. The average molecular weight is 383 g/mol. The monoisotopic (exact) mass is 383 g/mol. The van der Waals surface area contributed by atoms with Crippen molar-refractivity contribution in [2.45, 2.75) is 64.1 Å². The quantitative estimate of drug-likeness (QED) is 0.618. The van der Waals surface area contributed by atoms with E-state index in [0.29, 0.717) is 13.0 Å². The summed E-state index contributed by atoms with van der Waals surface area (Å²) in [5.41, 5.74) is 2.01. The van der Waals surface area contributed by atoms with Gasteiger partial charge in [0, 0.05) is 24.2 Å². The van der Waals surface area contributed by atoms with Gasteiger partial charge in [0.15, 0.2) is 0 Å². The Hall–Kier alpha value is -2.47. The third-order valence-corrected chi connectivity index (χ3v) is 5.55. The predicted molar refractivity (Wildman–Crippen MR) is 109 cm³/mol. The number of benzene rings is 1. The summed E-state index contributed by atoms with van der Waals surface area (Å²) in [6, 6.07) is 9.47. The Morgan fingerprint density at radius 2 is 2.14 bits per heavy atom. The summed E-state index contributed by atoms with van der Waals surface area (Å²) in [6.45, 7) is 2.67. The zero-order chi connectivity index (χ0) is 19.9. The molecule has 0 radical (unpaired) electrons. The van der Waals surface area contributed by atoms with Gasteiger partial charge in [-0.3, -0.25) is 14.6 Å². The highest BCUT2D eigenvalue weighted by molar-refractivity contribution is 5.83. The number of pyridine rings is 1. The Balaban J connectivity index is 1.63. The third kappa shape index (κ3) is 5.07. The van der Waals surface area contributed by atoms with E-state index in [-0.39, 0.29) is 18.0 Å². The van der Waals surface area contributed by atoms with E-state index in [1.807, 2.05) is 30.3 Å². The second-order valence-electron chi connectivity index (χ2n) is 7.60. The van der Waals surface area contributed by atoms with Crippen molar-refractivity contribution in [1.29, 1.82) is 0 Å². The van der Waals surface area contributed by atoms with E-state index in [1.54, 1.807) is 6.20 Å². The molecule has 1 amide bonds. The average Bonchev–Trinajstić information content (AvgIpc) is 3.16. The first kappa shape index (κ1) is 20.3. The third-order valence-electron chi connectivity index (χ3n) is 5.55.